The third kappa shape index (κ3) is 3.86. The van der Waals surface area contributed by atoms with Gasteiger partial charge in [-0.3, -0.25) is 4.79 Å². The van der Waals surface area contributed by atoms with Gasteiger partial charge in [0.2, 0.25) is 0 Å². The maximum absolute atomic E-state index is 13.0. The van der Waals surface area contributed by atoms with Crippen molar-refractivity contribution in [3.63, 3.8) is 0 Å². The normalized spacial score (nSPS) is 22.9. The van der Waals surface area contributed by atoms with E-state index in [-0.39, 0.29) is 24.1 Å². The highest BCUT2D eigenvalue weighted by Crippen LogP contribution is 2.27. The van der Waals surface area contributed by atoms with Gasteiger partial charge in [-0.2, -0.15) is 0 Å². The first-order valence-electron chi connectivity index (χ1n) is 8.75. The molecule has 2 fully saturated rings. The lowest BCUT2D eigenvalue weighted by Gasteiger charge is -2.21. The number of ether oxygens (including phenoxy) is 3. The third-order valence-electron chi connectivity index (χ3n) is 4.68. The SMILES string of the molecule is NC(=O)c1cccnc1N1C[C@@H]2OCC(Oc3ccc(F)cc3)CO[C@H]2C1. The number of carbonyl (C=O) groups is 1. The fourth-order valence-corrected chi connectivity index (χ4v) is 3.36. The molecule has 0 saturated carbocycles. The zero-order valence-corrected chi connectivity index (χ0v) is 14.6. The van der Waals surface area contributed by atoms with E-state index in [0.29, 0.717) is 43.4 Å². The standard InChI is InChI=1S/C19H20FN3O4/c20-12-3-5-13(6-4-12)27-14-10-25-16-8-23(9-17(16)26-11-14)19-15(18(21)24)2-1-7-22-19/h1-7,14,16-17H,8-11H2,(H2,21,24)/t16-,17-/m0/s1. The van der Waals surface area contributed by atoms with Crippen LogP contribution in [0.15, 0.2) is 42.6 Å². The monoisotopic (exact) mass is 373 g/mol. The number of carbonyl (C=O) groups excluding carboxylic acids is 1. The molecule has 0 aliphatic carbocycles. The van der Waals surface area contributed by atoms with Gasteiger partial charge in [-0.25, -0.2) is 9.37 Å². The van der Waals surface area contributed by atoms with Crippen LogP contribution >= 0.6 is 0 Å². The molecule has 3 heterocycles. The maximum atomic E-state index is 13.0. The third-order valence-corrected chi connectivity index (χ3v) is 4.68. The van der Waals surface area contributed by atoms with Crippen LogP contribution in [0.25, 0.3) is 0 Å². The van der Waals surface area contributed by atoms with Crippen molar-refractivity contribution in [2.45, 2.75) is 18.3 Å². The fourth-order valence-electron chi connectivity index (χ4n) is 3.36. The predicted molar refractivity (Wildman–Crippen MR) is 95.3 cm³/mol. The summed E-state index contributed by atoms with van der Waals surface area (Å²) in [6.07, 6.45) is 1.04. The summed E-state index contributed by atoms with van der Waals surface area (Å²) in [6.45, 7) is 1.81. The van der Waals surface area contributed by atoms with Crippen LogP contribution < -0.4 is 15.4 Å². The number of hydrogen-bond donors (Lipinski definition) is 1. The summed E-state index contributed by atoms with van der Waals surface area (Å²) in [5.41, 5.74) is 5.83. The Morgan fingerprint density at radius 1 is 1.15 bits per heavy atom. The summed E-state index contributed by atoms with van der Waals surface area (Å²) in [6, 6.07) is 9.20. The van der Waals surface area contributed by atoms with E-state index >= 15 is 0 Å². The lowest BCUT2D eigenvalue weighted by molar-refractivity contribution is -0.00461. The van der Waals surface area contributed by atoms with Crippen LogP contribution in [0.1, 0.15) is 10.4 Å². The first kappa shape index (κ1) is 17.7. The summed E-state index contributed by atoms with van der Waals surface area (Å²) in [4.78, 5) is 17.9. The van der Waals surface area contributed by atoms with Crippen LogP contribution in [0.5, 0.6) is 5.75 Å². The number of nitrogens with two attached hydrogens (primary N) is 1. The molecule has 1 aromatic carbocycles. The van der Waals surface area contributed by atoms with E-state index < -0.39 is 5.91 Å². The van der Waals surface area contributed by atoms with E-state index in [2.05, 4.69) is 4.98 Å². The van der Waals surface area contributed by atoms with Gasteiger partial charge in [-0.15, -0.1) is 0 Å². The number of pyridine rings is 1. The van der Waals surface area contributed by atoms with Crippen LogP contribution in [0.3, 0.4) is 0 Å². The molecule has 27 heavy (non-hydrogen) atoms. The van der Waals surface area contributed by atoms with Gasteiger partial charge in [0, 0.05) is 19.3 Å². The van der Waals surface area contributed by atoms with Crippen molar-refractivity contribution >= 4 is 11.7 Å². The van der Waals surface area contributed by atoms with Gasteiger partial charge in [0.15, 0.2) is 0 Å². The number of amides is 1. The second-order valence-corrected chi connectivity index (χ2v) is 6.58. The number of rotatable bonds is 4. The highest BCUT2D eigenvalue weighted by molar-refractivity contribution is 5.97. The van der Waals surface area contributed by atoms with Crippen molar-refractivity contribution in [3.8, 4) is 5.75 Å². The smallest absolute Gasteiger partial charge is 0.252 e. The first-order chi connectivity index (χ1) is 13.1. The van der Waals surface area contributed by atoms with Gasteiger partial charge < -0.3 is 24.8 Å². The van der Waals surface area contributed by atoms with Crippen molar-refractivity contribution in [2.24, 2.45) is 5.73 Å². The quantitative estimate of drug-likeness (QED) is 0.871. The minimum absolute atomic E-state index is 0.158. The summed E-state index contributed by atoms with van der Waals surface area (Å²) in [5.74, 6) is 0.293. The summed E-state index contributed by atoms with van der Waals surface area (Å²) in [7, 11) is 0. The highest BCUT2D eigenvalue weighted by atomic mass is 19.1. The van der Waals surface area contributed by atoms with Gasteiger partial charge in [-0.1, -0.05) is 0 Å². The van der Waals surface area contributed by atoms with Crippen LogP contribution in [0.2, 0.25) is 0 Å². The van der Waals surface area contributed by atoms with Crippen molar-refractivity contribution in [3.05, 3.63) is 54.0 Å². The second kappa shape index (κ2) is 7.50. The van der Waals surface area contributed by atoms with Gasteiger partial charge in [-0.05, 0) is 36.4 Å². The number of fused-ring (bicyclic) bond motifs is 1. The number of hydrogen-bond acceptors (Lipinski definition) is 6. The molecule has 7 nitrogen and oxygen atoms in total. The average molecular weight is 373 g/mol. The van der Waals surface area contributed by atoms with Gasteiger partial charge in [0.1, 0.15) is 35.7 Å². The molecule has 142 valence electrons. The molecule has 0 radical (unpaired) electrons. The molecule has 2 N–H and O–H groups in total. The van der Waals surface area contributed by atoms with Crippen molar-refractivity contribution in [1.82, 2.24) is 4.98 Å². The molecule has 1 aromatic heterocycles. The van der Waals surface area contributed by atoms with E-state index in [9.17, 15) is 9.18 Å². The molecule has 2 saturated heterocycles. The molecular formula is C19H20FN3O4. The predicted octanol–water partition coefficient (Wildman–Crippen LogP) is 1.37. The number of nitrogens with zero attached hydrogens (tertiary/aromatic N) is 2. The summed E-state index contributed by atoms with van der Waals surface area (Å²) in [5, 5.41) is 0. The van der Waals surface area contributed by atoms with Gasteiger partial charge in [0.25, 0.3) is 5.91 Å². The molecule has 0 spiro atoms. The number of primary amides is 1. The average Bonchev–Trinajstić information content (AvgIpc) is 2.99. The Morgan fingerprint density at radius 3 is 2.44 bits per heavy atom. The molecule has 0 bridgehead atoms. The summed E-state index contributed by atoms with van der Waals surface area (Å²) < 4.78 is 30.8. The number of anilines is 1. The van der Waals surface area contributed by atoms with Crippen LogP contribution in [0.4, 0.5) is 10.2 Å². The lowest BCUT2D eigenvalue weighted by atomic mass is 10.2. The number of halogens is 1. The van der Waals surface area contributed by atoms with Crippen molar-refractivity contribution in [1.29, 1.82) is 0 Å². The molecule has 8 heteroatoms. The Kier molecular flexibility index (Phi) is 4.91. The van der Waals surface area contributed by atoms with E-state index in [1.165, 1.54) is 12.1 Å². The molecule has 2 aliphatic rings. The van der Waals surface area contributed by atoms with Crippen molar-refractivity contribution in [2.75, 3.05) is 31.2 Å². The first-order valence-corrected chi connectivity index (χ1v) is 8.75. The Balaban J connectivity index is 1.39. The number of aromatic nitrogens is 1. The molecular weight excluding hydrogens is 353 g/mol. The summed E-state index contributed by atoms with van der Waals surface area (Å²) >= 11 is 0. The van der Waals surface area contributed by atoms with Crippen LogP contribution in [-0.4, -0.2) is 55.5 Å². The van der Waals surface area contributed by atoms with Gasteiger partial charge >= 0.3 is 0 Å². The van der Waals surface area contributed by atoms with Crippen LogP contribution in [0, 0.1) is 5.82 Å². The fraction of sp³-hybridized carbons (Fsp3) is 0.368. The molecule has 2 aromatic rings. The zero-order chi connectivity index (χ0) is 18.8. The van der Waals surface area contributed by atoms with E-state index in [0.717, 1.165) is 0 Å². The minimum atomic E-state index is -0.514. The largest absolute Gasteiger partial charge is 0.486 e. The molecule has 1 amide bonds. The maximum Gasteiger partial charge on any atom is 0.252 e. The molecule has 4 rings (SSSR count). The number of benzene rings is 1. The zero-order valence-electron chi connectivity index (χ0n) is 14.6. The lowest BCUT2D eigenvalue weighted by Crippen LogP contribution is -2.30. The van der Waals surface area contributed by atoms with E-state index in [1.807, 2.05) is 4.90 Å². The highest BCUT2D eigenvalue weighted by Gasteiger charge is 2.39. The minimum Gasteiger partial charge on any atom is -0.486 e. The molecule has 2 atom stereocenters. The molecule has 2 aliphatic heterocycles. The van der Waals surface area contributed by atoms with Gasteiger partial charge in [0.05, 0.1) is 18.8 Å². The van der Waals surface area contributed by atoms with E-state index in [1.54, 1.807) is 30.5 Å². The van der Waals surface area contributed by atoms with Crippen molar-refractivity contribution < 1.29 is 23.4 Å². The Bertz CT molecular complexity index is 801. The Labute approximate surface area is 155 Å². The Hall–Kier alpha value is -2.71. The van der Waals surface area contributed by atoms with Crippen LogP contribution in [-0.2, 0) is 9.47 Å². The van der Waals surface area contributed by atoms with E-state index in [4.69, 9.17) is 19.9 Å². The topological polar surface area (TPSA) is 86.9 Å². The molecule has 0 unspecified atom stereocenters. The second-order valence-electron chi connectivity index (χ2n) is 6.58. The Morgan fingerprint density at radius 2 is 1.81 bits per heavy atom.